The van der Waals surface area contributed by atoms with Gasteiger partial charge in [0.2, 0.25) is 0 Å². The summed E-state index contributed by atoms with van der Waals surface area (Å²) in [6, 6.07) is 38.9. The van der Waals surface area contributed by atoms with Crippen molar-refractivity contribution in [3.63, 3.8) is 0 Å². The highest BCUT2D eigenvalue weighted by molar-refractivity contribution is 6.85. The van der Waals surface area contributed by atoms with E-state index in [1.165, 1.54) is 131 Å². The van der Waals surface area contributed by atoms with E-state index in [1.54, 1.807) is 5.56 Å². The summed E-state index contributed by atoms with van der Waals surface area (Å²) >= 11 is 0. The van der Waals surface area contributed by atoms with Crippen molar-refractivity contribution >= 4 is 62.0 Å². The lowest BCUT2D eigenvalue weighted by Gasteiger charge is -2.45. The molecule has 3 heteroatoms. The van der Waals surface area contributed by atoms with E-state index in [0.29, 0.717) is 0 Å². The fourth-order valence-electron chi connectivity index (χ4n) is 13.0. The van der Waals surface area contributed by atoms with Crippen LogP contribution in [0.2, 0.25) is 0 Å². The van der Waals surface area contributed by atoms with E-state index in [2.05, 4.69) is 183 Å². The molecule has 294 valence electrons. The number of rotatable bonds is 1. The van der Waals surface area contributed by atoms with Crippen LogP contribution in [0, 0.1) is 6.92 Å². The van der Waals surface area contributed by atoms with Crippen LogP contribution in [0.15, 0.2) is 103 Å². The molecule has 0 atom stereocenters. The van der Waals surface area contributed by atoms with Crippen LogP contribution in [0.3, 0.4) is 0 Å². The number of allylic oxidation sites excluding steroid dienone is 1. The molecule has 3 aliphatic carbocycles. The van der Waals surface area contributed by atoms with Crippen LogP contribution in [0.4, 0.5) is 11.4 Å². The van der Waals surface area contributed by atoms with Gasteiger partial charge in [-0.1, -0.05) is 136 Å². The Labute approximate surface area is 351 Å². The predicted molar refractivity (Wildman–Crippen MR) is 253 cm³/mol. The van der Waals surface area contributed by atoms with Crippen LogP contribution in [0.1, 0.15) is 134 Å². The van der Waals surface area contributed by atoms with Crippen LogP contribution < -0.4 is 10.4 Å². The van der Waals surface area contributed by atoms with Crippen molar-refractivity contribution in [2.45, 2.75) is 129 Å². The molecule has 5 aliphatic rings. The van der Waals surface area contributed by atoms with Crippen molar-refractivity contribution in [1.82, 2.24) is 4.48 Å². The van der Waals surface area contributed by atoms with E-state index < -0.39 is 0 Å². The monoisotopic (exact) mass is 768 g/mol. The molecule has 59 heavy (non-hydrogen) atoms. The van der Waals surface area contributed by atoms with Crippen LogP contribution in [-0.4, -0.2) is 11.3 Å². The maximum atomic E-state index is 2.79. The Morgan fingerprint density at radius 2 is 1.17 bits per heavy atom. The van der Waals surface area contributed by atoms with E-state index in [1.807, 2.05) is 0 Å². The Morgan fingerprint density at radius 3 is 1.90 bits per heavy atom. The third-order valence-electron chi connectivity index (χ3n) is 16.5. The first kappa shape index (κ1) is 35.9. The van der Waals surface area contributed by atoms with E-state index in [0.717, 1.165) is 0 Å². The lowest BCUT2D eigenvalue weighted by molar-refractivity contribution is 0.331. The van der Waals surface area contributed by atoms with Gasteiger partial charge in [0.05, 0.1) is 0 Å². The second kappa shape index (κ2) is 11.0. The standard InChI is InChI=1S/C56H57BN2/c1-32-27-38-36-17-14-18-37-47-35-16-13-12-15-33(35)19-22-45(47)59(49(36)37)57-48(38)46(28-32)58(34-20-21-40-42(29-34)53(4,5)24-23-52(40,2)3)50-39-30-43-44(31-41(39)56(10,11)51(50)57)55(8,9)26-25-54(43,6)7/h12-22,27-31H,23-26H2,1-11H3. The summed E-state index contributed by atoms with van der Waals surface area (Å²) in [6.07, 6.45) is 4.82. The molecule has 0 unspecified atom stereocenters. The first-order valence-corrected chi connectivity index (χ1v) is 22.4. The number of fused-ring (bicyclic) bond motifs is 12. The van der Waals surface area contributed by atoms with E-state index >= 15 is 0 Å². The van der Waals surface area contributed by atoms with E-state index in [-0.39, 0.29) is 33.9 Å². The normalized spacial score (nSPS) is 20.7. The Balaban J connectivity index is 1.25. The molecular weight excluding hydrogens is 711 g/mol. The summed E-state index contributed by atoms with van der Waals surface area (Å²) in [5, 5.41) is 5.38. The smallest absolute Gasteiger partial charge is 0.329 e. The first-order valence-electron chi connectivity index (χ1n) is 22.4. The molecule has 0 saturated carbocycles. The number of aryl methyl sites for hydroxylation is 1. The van der Waals surface area contributed by atoms with Gasteiger partial charge in [-0.15, -0.1) is 0 Å². The number of hydrogen-bond acceptors (Lipinski definition) is 1. The van der Waals surface area contributed by atoms with Gasteiger partial charge < -0.3 is 9.38 Å². The number of benzene rings is 6. The Kier molecular flexibility index (Phi) is 6.70. The zero-order valence-corrected chi connectivity index (χ0v) is 37.0. The molecule has 2 nitrogen and oxygen atoms in total. The van der Waals surface area contributed by atoms with Gasteiger partial charge in [0.15, 0.2) is 0 Å². The highest BCUT2D eigenvalue weighted by Crippen LogP contribution is 2.60. The van der Waals surface area contributed by atoms with Crippen molar-refractivity contribution in [2.75, 3.05) is 4.90 Å². The number of nitrogens with zero attached hydrogens (tertiary/aromatic N) is 2. The average molecular weight is 769 g/mol. The maximum absolute atomic E-state index is 2.79. The van der Waals surface area contributed by atoms with Crippen molar-refractivity contribution in [3.05, 3.63) is 141 Å². The minimum Gasteiger partial charge on any atom is -0.376 e. The van der Waals surface area contributed by atoms with Crippen LogP contribution in [0.5, 0.6) is 0 Å². The SMILES string of the molecule is Cc1cc2c3c(c1)N(c1ccc4c(c1)C(C)(C)CCC4(C)C)C1=C(B3n3c4ccc5ccccc5c4c4cccc-2c43)C(C)(C)c2cc3c(cc21)C(C)(C)CCC3(C)C. The summed E-state index contributed by atoms with van der Waals surface area (Å²) in [7, 11) is 0. The van der Waals surface area contributed by atoms with Gasteiger partial charge in [-0.25, -0.2) is 0 Å². The zero-order chi connectivity index (χ0) is 40.9. The molecule has 7 aromatic rings. The molecule has 0 spiro atoms. The van der Waals surface area contributed by atoms with Crippen LogP contribution >= 0.6 is 0 Å². The highest BCUT2D eigenvalue weighted by Gasteiger charge is 2.54. The Hall–Kier alpha value is -5.02. The highest BCUT2D eigenvalue weighted by atomic mass is 15.2. The van der Waals surface area contributed by atoms with Gasteiger partial charge in [-0.3, -0.25) is 0 Å². The van der Waals surface area contributed by atoms with Crippen LogP contribution in [-0.2, 0) is 27.1 Å². The molecule has 2 aliphatic heterocycles. The topological polar surface area (TPSA) is 8.17 Å². The van der Waals surface area contributed by atoms with Gasteiger partial charge in [-0.05, 0) is 145 Å². The molecule has 0 fully saturated rings. The molecule has 0 bridgehead atoms. The first-order chi connectivity index (χ1) is 27.9. The third-order valence-corrected chi connectivity index (χ3v) is 16.5. The Morgan fingerprint density at radius 1 is 0.525 bits per heavy atom. The van der Waals surface area contributed by atoms with Crippen molar-refractivity contribution in [1.29, 1.82) is 0 Å². The largest absolute Gasteiger partial charge is 0.376 e. The van der Waals surface area contributed by atoms with Crippen molar-refractivity contribution in [3.8, 4) is 11.1 Å². The number of anilines is 2. The molecule has 0 saturated heterocycles. The quantitative estimate of drug-likeness (QED) is 0.151. The van der Waals surface area contributed by atoms with E-state index in [4.69, 9.17) is 0 Å². The Bertz CT molecular complexity index is 3110. The fraction of sp³-hybridized carbons (Fsp3) is 0.357. The number of hydrogen-bond donors (Lipinski definition) is 0. The molecule has 0 amide bonds. The molecule has 0 N–H and O–H groups in total. The second-order valence-electron chi connectivity index (χ2n) is 22.3. The van der Waals surface area contributed by atoms with Gasteiger partial charge in [0.1, 0.15) is 0 Å². The minimum absolute atomic E-state index is 0.0383. The predicted octanol–water partition coefficient (Wildman–Crippen LogP) is 14.1. The van der Waals surface area contributed by atoms with Gasteiger partial charge >= 0.3 is 6.85 Å². The summed E-state index contributed by atoms with van der Waals surface area (Å²) in [6.45, 7) is 27.3. The third kappa shape index (κ3) is 4.45. The minimum atomic E-state index is -0.234. The fourth-order valence-corrected chi connectivity index (χ4v) is 13.0. The second-order valence-corrected chi connectivity index (χ2v) is 22.3. The lowest BCUT2D eigenvalue weighted by atomic mass is 9.40. The van der Waals surface area contributed by atoms with Crippen molar-refractivity contribution in [2.24, 2.45) is 0 Å². The van der Waals surface area contributed by atoms with Gasteiger partial charge in [0.25, 0.3) is 0 Å². The molecule has 3 heterocycles. The summed E-state index contributed by atoms with van der Waals surface area (Å²) in [4.78, 5) is 2.75. The molecule has 12 rings (SSSR count). The lowest BCUT2D eigenvalue weighted by Crippen LogP contribution is -2.52. The van der Waals surface area contributed by atoms with Gasteiger partial charge in [-0.2, -0.15) is 0 Å². The number of aromatic nitrogens is 1. The molecule has 0 radical (unpaired) electrons. The molecular formula is C56H57BN2. The average Bonchev–Trinajstić information content (AvgIpc) is 3.65. The number of para-hydroxylation sites is 1. The summed E-state index contributed by atoms with van der Waals surface area (Å²) in [5.74, 6) is 0. The maximum Gasteiger partial charge on any atom is 0.329 e. The van der Waals surface area contributed by atoms with Crippen molar-refractivity contribution < 1.29 is 0 Å². The zero-order valence-electron chi connectivity index (χ0n) is 37.0. The van der Waals surface area contributed by atoms with E-state index in [9.17, 15) is 0 Å². The van der Waals surface area contributed by atoms with Crippen LogP contribution in [0.25, 0.3) is 49.4 Å². The van der Waals surface area contributed by atoms with Gasteiger partial charge in [0, 0.05) is 55.4 Å². The molecule has 1 aromatic heterocycles. The summed E-state index contributed by atoms with van der Waals surface area (Å²) < 4.78 is 2.79. The molecule has 6 aromatic carbocycles. The summed E-state index contributed by atoms with van der Waals surface area (Å²) in [5.41, 5.74) is 23.0.